The molecule has 0 fully saturated rings. The number of imidazole rings is 1. The van der Waals surface area contributed by atoms with Crippen LogP contribution in [0.1, 0.15) is 11.5 Å². The first-order valence-electron chi connectivity index (χ1n) is 5.13. The Balaban J connectivity index is 2.44. The Morgan fingerprint density at radius 1 is 1.38 bits per heavy atom. The van der Waals surface area contributed by atoms with Crippen LogP contribution in [0.25, 0.3) is 11.3 Å². The first-order valence-corrected chi connectivity index (χ1v) is 5.93. The van der Waals surface area contributed by atoms with E-state index < -0.39 is 0 Å². The van der Waals surface area contributed by atoms with Crippen LogP contribution < -0.4 is 0 Å². The van der Waals surface area contributed by atoms with E-state index in [9.17, 15) is 0 Å². The molecule has 1 aromatic heterocycles. The number of rotatable bonds is 3. The molecule has 1 aromatic carbocycles. The zero-order chi connectivity index (χ0) is 11.5. The molecule has 2 N–H and O–H groups in total. The predicted octanol–water partition coefficient (Wildman–Crippen LogP) is 2.68. The number of nitrogens with one attached hydrogen (secondary N) is 1. The number of aromatic nitrogens is 2. The summed E-state index contributed by atoms with van der Waals surface area (Å²) in [5.74, 6) is 0.825. The Hall–Kier alpha value is -1.13. The molecule has 0 radical (unpaired) electrons. The molecule has 0 unspecified atom stereocenters. The molecule has 0 bridgehead atoms. The van der Waals surface area contributed by atoms with Crippen LogP contribution in [0.15, 0.2) is 28.7 Å². The lowest BCUT2D eigenvalue weighted by Crippen LogP contribution is -1.92. The fourth-order valence-corrected chi connectivity index (χ4v) is 2.13. The number of aryl methyl sites for hydroxylation is 1. The maximum atomic E-state index is 8.88. The van der Waals surface area contributed by atoms with E-state index in [2.05, 4.69) is 25.9 Å². The van der Waals surface area contributed by atoms with Gasteiger partial charge in [0.1, 0.15) is 5.82 Å². The highest BCUT2D eigenvalue weighted by Gasteiger charge is 2.10. The summed E-state index contributed by atoms with van der Waals surface area (Å²) in [6.07, 6.45) is 0.561. The van der Waals surface area contributed by atoms with Crippen molar-refractivity contribution in [3.63, 3.8) is 0 Å². The molecule has 3 nitrogen and oxygen atoms in total. The number of halogens is 1. The molecule has 0 saturated carbocycles. The molecule has 0 spiro atoms. The second-order valence-corrected chi connectivity index (χ2v) is 4.46. The molecule has 0 amide bonds. The Morgan fingerprint density at radius 3 is 2.81 bits per heavy atom. The van der Waals surface area contributed by atoms with Crippen molar-refractivity contribution in [2.24, 2.45) is 0 Å². The van der Waals surface area contributed by atoms with Gasteiger partial charge in [-0.25, -0.2) is 4.98 Å². The number of nitrogens with zero attached hydrogens (tertiary/aromatic N) is 1. The third-order valence-electron chi connectivity index (χ3n) is 2.41. The topological polar surface area (TPSA) is 48.9 Å². The molecule has 0 aliphatic rings. The van der Waals surface area contributed by atoms with E-state index >= 15 is 0 Å². The molecule has 0 atom stereocenters. The molecule has 0 aliphatic heterocycles. The monoisotopic (exact) mass is 280 g/mol. The molecular weight excluding hydrogens is 268 g/mol. The zero-order valence-corrected chi connectivity index (χ0v) is 10.6. The zero-order valence-electron chi connectivity index (χ0n) is 9.00. The standard InChI is InChI=1S/C12H13BrN2O/c1-8-12(15-11(14-8)6-7-16)9-4-2-3-5-10(9)13/h2-5,16H,6-7H2,1H3,(H,14,15). The summed E-state index contributed by atoms with van der Waals surface area (Å²) < 4.78 is 1.03. The summed E-state index contributed by atoms with van der Waals surface area (Å²) >= 11 is 3.51. The summed E-state index contributed by atoms with van der Waals surface area (Å²) in [6, 6.07) is 7.98. The Labute approximate surface area is 103 Å². The third kappa shape index (κ3) is 2.18. The number of aliphatic hydroxyl groups excluding tert-OH is 1. The van der Waals surface area contributed by atoms with E-state index in [0.717, 1.165) is 27.2 Å². The van der Waals surface area contributed by atoms with E-state index in [1.165, 1.54) is 0 Å². The summed E-state index contributed by atoms with van der Waals surface area (Å²) in [4.78, 5) is 7.66. The first kappa shape index (κ1) is 11.4. The summed E-state index contributed by atoms with van der Waals surface area (Å²) in [5, 5.41) is 8.88. The highest BCUT2D eigenvalue weighted by molar-refractivity contribution is 9.10. The normalized spacial score (nSPS) is 10.7. The van der Waals surface area contributed by atoms with Crippen molar-refractivity contribution < 1.29 is 5.11 Å². The minimum atomic E-state index is 0.113. The van der Waals surface area contributed by atoms with Crippen molar-refractivity contribution >= 4 is 15.9 Å². The highest BCUT2D eigenvalue weighted by atomic mass is 79.9. The smallest absolute Gasteiger partial charge is 0.109 e. The van der Waals surface area contributed by atoms with E-state index in [1.54, 1.807) is 0 Å². The van der Waals surface area contributed by atoms with Crippen molar-refractivity contribution in [3.8, 4) is 11.3 Å². The average Bonchev–Trinajstić information content (AvgIpc) is 2.61. The van der Waals surface area contributed by atoms with Gasteiger partial charge < -0.3 is 10.1 Å². The quantitative estimate of drug-likeness (QED) is 0.908. The molecule has 0 aliphatic carbocycles. The molecule has 1 heterocycles. The average molecular weight is 281 g/mol. The molecule has 16 heavy (non-hydrogen) atoms. The van der Waals surface area contributed by atoms with Crippen LogP contribution in [-0.4, -0.2) is 21.7 Å². The Bertz CT molecular complexity index is 494. The van der Waals surface area contributed by atoms with Gasteiger partial charge >= 0.3 is 0 Å². The molecule has 2 aromatic rings. The number of aromatic amines is 1. The largest absolute Gasteiger partial charge is 0.396 e. The van der Waals surface area contributed by atoms with E-state index in [0.29, 0.717) is 6.42 Å². The van der Waals surface area contributed by atoms with Gasteiger partial charge in [-0.15, -0.1) is 0 Å². The lowest BCUT2D eigenvalue weighted by atomic mass is 10.1. The predicted molar refractivity (Wildman–Crippen MR) is 67.3 cm³/mol. The van der Waals surface area contributed by atoms with Crippen molar-refractivity contribution in [2.75, 3.05) is 6.61 Å². The van der Waals surface area contributed by atoms with Gasteiger partial charge in [-0.05, 0) is 13.0 Å². The first-order chi connectivity index (χ1) is 7.72. The number of benzene rings is 1. The van der Waals surface area contributed by atoms with Gasteiger partial charge in [0.2, 0.25) is 0 Å². The number of H-pyrrole nitrogens is 1. The van der Waals surface area contributed by atoms with Crippen LogP contribution in [0, 0.1) is 6.92 Å². The molecule has 2 rings (SSSR count). The van der Waals surface area contributed by atoms with Crippen LogP contribution >= 0.6 is 15.9 Å². The van der Waals surface area contributed by atoms with E-state index in [1.807, 2.05) is 31.2 Å². The molecular formula is C12H13BrN2O. The fourth-order valence-electron chi connectivity index (χ4n) is 1.66. The van der Waals surface area contributed by atoms with Gasteiger partial charge in [0.15, 0.2) is 0 Å². The summed E-state index contributed by atoms with van der Waals surface area (Å²) in [5.41, 5.74) is 3.03. The SMILES string of the molecule is Cc1[nH]c(CCO)nc1-c1ccccc1Br. The van der Waals surface area contributed by atoms with Crippen LogP contribution in [0.4, 0.5) is 0 Å². The summed E-state index contributed by atoms with van der Waals surface area (Å²) in [7, 11) is 0. The number of hydrogen-bond donors (Lipinski definition) is 2. The Kier molecular flexibility index (Phi) is 3.41. The van der Waals surface area contributed by atoms with Crippen LogP contribution in [0.3, 0.4) is 0 Å². The maximum absolute atomic E-state index is 8.88. The van der Waals surface area contributed by atoms with Crippen LogP contribution in [0.2, 0.25) is 0 Å². The lowest BCUT2D eigenvalue weighted by Gasteiger charge is -2.01. The lowest BCUT2D eigenvalue weighted by molar-refractivity contribution is 0.297. The maximum Gasteiger partial charge on any atom is 0.109 e. The molecule has 84 valence electrons. The van der Waals surface area contributed by atoms with Gasteiger partial charge in [0.05, 0.1) is 12.3 Å². The fraction of sp³-hybridized carbons (Fsp3) is 0.250. The van der Waals surface area contributed by atoms with E-state index in [-0.39, 0.29) is 6.61 Å². The van der Waals surface area contributed by atoms with Gasteiger partial charge in [-0.1, -0.05) is 34.1 Å². The van der Waals surface area contributed by atoms with Crippen molar-refractivity contribution in [3.05, 3.63) is 40.3 Å². The summed E-state index contributed by atoms with van der Waals surface area (Å²) in [6.45, 7) is 2.10. The minimum absolute atomic E-state index is 0.113. The van der Waals surface area contributed by atoms with Gasteiger partial charge in [0, 0.05) is 22.2 Å². The minimum Gasteiger partial charge on any atom is -0.396 e. The van der Waals surface area contributed by atoms with Crippen molar-refractivity contribution in [1.29, 1.82) is 0 Å². The molecule has 4 heteroatoms. The second-order valence-electron chi connectivity index (χ2n) is 3.61. The van der Waals surface area contributed by atoms with Crippen molar-refractivity contribution in [2.45, 2.75) is 13.3 Å². The second kappa shape index (κ2) is 4.80. The number of hydrogen-bond acceptors (Lipinski definition) is 2. The number of aliphatic hydroxyl groups is 1. The van der Waals surface area contributed by atoms with Crippen LogP contribution in [-0.2, 0) is 6.42 Å². The van der Waals surface area contributed by atoms with Gasteiger partial charge in [-0.2, -0.15) is 0 Å². The highest BCUT2D eigenvalue weighted by Crippen LogP contribution is 2.28. The van der Waals surface area contributed by atoms with E-state index in [4.69, 9.17) is 5.11 Å². The third-order valence-corrected chi connectivity index (χ3v) is 3.10. The Morgan fingerprint density at radius 2 is 2.12 bits per heavy atom. The molecule has 0 saturated heterocycles. The van der Waals surface area contributed by atoms with Crippen LogP contribution in [0.5, 0.6) is 0 Å². The van der Waals surface area contributed by atoms with Gasteiger partial charge in [-0.3, -0.25) is 0 Å². The van der Waals surface area contributed by atoms with Crippen molar-refractivity contribution in [1.82, 2.24) is 9.97 Å². The van der Waals surface area contributed by atoms with Gasteiger partial charge in [0.25, 0.3) is 0 Å².